The second kappa shape index (κ2) is 8.35. The Kier molecular flexibility index (Phi) is 6.76. The van der Waals surface area contributed by atoms with Crippen LogP contribution in [0.2, 0.25) is 0 Å². The smallest absolute Gasteiger partial charge is 0.188 e. The molecule has 0 spiro atoms. The first kappa shape index (κ1) is 16.2. The zero-order valence-electron chi connectivity index (χ0n) is 12.1. The number of allylic oxidation sites excluding steroid dienone is 1. The van der Waals surface area contributed by atoms with Crippen molar-refractivity contribution in [1.82, 2.24) is 0 Å². The average molecular weight is 280 g/mol. The largest absolute Gasteiger partial charge is 0.467 e. The molecule has 0 saturated carbocycles. The Balaban J connectivity index is 3.33. The third kappa shape index (κ3) is 3.82. The van der Waals surface area contributed by atoms with Gasteiger partial charge in [0.1, 0.15) is 11.5 Å². The Morgan fingerprint density at radius 2 is 1.85 bits per heavy atom. The lowest BCUT2D eigenvalue weighted by Gasteiger charge is -2.18. The predicted molar refractivity (Wildman–Crippen MR) is 75.5 cm³/mol. The lowest BCUT2D eigenvalue weighted by Crippen LogP contribution is -2.09. The lowest BCUT2D eigenvalue weighted by molar-refractivity contribution is 0.0444. The van der Waals surface area contributed by atoms with E-state index >= 15 is 0 Å². The molecule has 5 heteroatoms. The minimum Gasteiger partial charge on any atom is -0.467 e. The molecule has 0 aromatic heterocycles. The third-order valence-corrected chi connectivity index (χ3v) is 2.71. The van der Waals surface area contributed by atoms with Crippen molar-refractivity contribution >= 4 is 6.29 Å². The van der Waals surface area contributed by atoms with Crippen molar-refractivity contribution in [2.45, 2.75) is 13.3 Å². The van der Waals surface area contributed by atoms with Crippen LogP contribution >= 0.6 is 0 Å². The van der Waals surface area contributed by atoms with Gasteiger partial charge in [0.2, 0.25) is 0 Å². The Labute approximate surface area is 119 Å². The number of ether oxygens (including phenoxy) is 4. The fraction of sp³-hybridized carbons (Fsp3) is 0.400. The zero-order chi connectivity index (χ0) is 15.0. The van der Waals surface area contributed by atoms with Crippen LogP contribution in [0.3, 0.4) is 0 Å². The molecule has 0 unspecified atom stereocenters. The van der Waals surface area contributed by atoms with Crippen molar-refractivity contribution in [2.24, 2.45) is 0 Å². The highest BCUT2D eigenvalue weighted by molar-refractivity contribution is 5.83. The first-order chi connectivity index (χ1) is 9.69. The van der Waals surface area contributed by atoms with Gasteiger partial charge in [0, 0.05) is 19.8 Å². The molecular formula is C15H20O5. The molecule has 1 rings (SSSR count). The number of hydrogen-bond acceptors (Lipinski definition) is 5. The number of carbonyl (C=O) groups excluding carboxylic acids is 1. The second-order valence-corrected chi connectivity index (χ2v) is 4.13. The van der Waals surface area contributed by atoms with E-state index < -0.39 is 0 Å². The van der Waals surface area contributed by atoms with Crippen molar-refractivity contribution < 1.29 is 23.7 Å². The van der Waals surface area contributed by atoms with Crippen LogP contribution in [-0.4, -0.2) is 34.1 Å². The number of aldehydes is 1. The summed E-state index contributed by atoms with van der Waals surface area (Å²) in [6.07, 6.45) is 3.00. The number of aryl methyl sites for hydroxylation is 1. The van der Waals surface area contributed by atoms with Gasteiger partial charge in [-0.1, -0.05) is 6.08 Å². The second-order valence-electron chi connectivity index (χ2n) is 4.13. The summed E-state index contributed by atoms with van der Waals surface area (Å²) < 4.78 is 20.9. The normalized spacial score (nSPS) is 10.2. The van der Waals surface area contributed by atoms with E-state index in [0.717, 1.165) is 17.4 Å². The van der Waals surface area contributed by atoms with Crippen LogP contribution in [0.25, 0.3) is 0 Å². The van der Waals surface area contributed by atoms with Crippen LogP contribution in [0, 0.1) is 6.92 Å². The van der Waals surface area contributed by atoms with E-state index in [0.29, 0.717) is 23.5 Å². The van der Waals surface area contributed by atoms with Crippen molar-refractivity contribution in [1.29, 1.82) is 0 Å². The maximum atomic E-state index is 11.3. The molecular weight excluding hydrogens is 260 g/mol. The van der Waals surface area contributed by atoms with E-state index in [9.17, 15) is 4.79 Å². The van der Waals surface area contributed by atoms with E-state index in [1.165, 1.54) is 7.11 Å². The van der Waals surface area contributed by atoms with Gasteiger partial charge in [-0.25, -0.2) is 0 Å². The van der Waals surface area contributed by atoms with Gasteiger partial charge < -0.3 is 18.9 Å². The summed E-state index contributed by atoms with van der Waals surface area (Å²) in [5.41, 5.74) is 2.01. The fourth-order valence-electron chi connectivity index (χ4n) is 1.83. The number of rotatable bonds is 9. The van der Waals surface area contributed by atoms with Crippen molar-refractivity contribution in [3.8, 4) is 11.5 Å². The summed E-state index contributed by atoms with van der Waals surface area (Å²) in [6, 6.07) is 1.79. The Hall–Kier alpha value is -1.85. The molecule has 5 nitrogen and oxygen atoms in total. The van der Waals surface area contributed by atoms with Crippen molar-refractivity contribution in [2.75, 3.05) is 27.8 Å². The summed E-state index contributed by atoms with van der Waals surface area (Å²) in [4.78, 5) is 11.3. The van der Waals surface area contributed by atoms with Gasteiger partial charge in [-0.15, -0.1) is 6.58 Å². The van der Waals surface area contributed by atoms with Crippen LogP contribution in [0.4, 0.5) is 0 Å². The molecule has 0 amide bonds. The molecule has 1 aromatic rings. The van der Waals surface area contributed by atoms with Crippen molar-refractivity contribution in [3.63, 3.8) is 0 Å². The topological polar surface area (TPSA) is 54.0 Å². The highest BCUT2D eigenvalue weighted by Gasteiger charge is 2.18. The third-order valence-electron chi connectivity index (χ3n) is 2.71. The Morgan fingerprint density at radius 3 is 2.40 bits per heavy atom. The van der Waals surface area contributed by atoms with Crippen LogP contribution in [-0.2, 0) is 15.9 Å². The molecule has 0 radical (unpaired) electrons. The fourth-order valence-corrected chi connectivity index (χ4v) is 1.83. The van der Waals surface area contributed by atoms with Gasteiger partial charge in [0.15, 0.2) is 19.9 Å². The summed E-state index contributed by atoms with van der Waals surface area (Å²) in [7, 11) is 3.06. The summed E-state index contributed by atoms with van der Waals surface area (Å²) in [5, 5.41) is 0. The molecule has 110 valence electrons. The van der Waals surface area contributed by atoms with E-state index in [1.807, 2.05) is 6.92 Å². The first-order valence-electron chi connectivity index (χ1n) is 6.15. The number of hydrogen-bond donors (Lipinski definition) is 0. The molecule has 0 aliphatic heterocycles. The van der Waals surface area contributed by atoms with E-state index in [-0.39, 0.29) is 13.6 Å². The molecule has 0 aliphatic rings. The molecule has 0 atom stereocenters. The summed E-state index contributed by atoms with van der Waals surface area (Å²) >= 11 is 0. The molecule has 20 heavy (non-hydrogen) atoms. The van der Waals surface area contributed by atoms with E-state index in [1.54, 1.807) is 19.3 Å². The minimum absolute atomic E-state index is 0.0537. The number of benzene rings is 1. The SMILES string of the molecule is C=CCc1c(OCOC)cc(C)c(C=O)c1OCOC. The van der Waals surface area contributed by atoms with Gasteiger partial charge in [0.25, 0.3) is 0 Å². The van der Waals surface area contributed by atoms with Gasteiger partial charge in [0.05, 0.1) is 5.56 Å². The molecule has 0 N–H and O–H groups in total. The van der Waals surface area contributed by atoms with Crippen molar-refractivity contribution in [3.05, 3.63) is 35.4 Å². The molecule has 0 heterocycles. The van der Waals surface area contributed by atoms with Gasteiger partial charge in [-0.05, 0) is 25.0 Å². The van der Waals surface area contributed by atoms with Crippen LogP contribution < -0.4 is 9.47 Å². The molecule has 1 aromatic carbocycles. The van der Waals surface area contributed by atoms with E-state index in [4.69, 9.17) is 18.9 Å². The highest BCUT2D eigenvalue weighted by atomic mass is 16.7. The van der Waals surface area contributed by atoms with Crippen LogP contribution in [0.15, 0.2) is 18.7 Å². The van der Waals surface area contributed by atoms with Gasteiger partial charge in [-0.2, -0.15) is 0 Å². The maximum absolute atomic E-state index is 11.3. The monoisotopic (exact) mass is 280 g/mol. The molecule has 0 aliphatic carbocycles. The highest BCUT2D eigenvalue weighted by Crippen LogP contribution is 2.35. The maximum Gasteiger partial charge on any atom is 0.188 e. The standard InChI is InChI=1S/C15H20O5/c1-5-6-12-14(19-9-17-3)7-11(2)13(8-16)15(12)20-10-18-4/h5,7-8H,1,6,9-10H2,2-4H3. The minimum atomic E-state index is 0.0537. The molecule has 0 saturated heterocycles. The van der Waals surface area contributed by atoms with Crippen LogP contribution in [0.1, 0.15) is 21.5 Å². The number of methoxy groups -OCH3 is 2. The van der Waals surface area contributed by atoms with Gasteiger partial charge >= 0.3 is 0 Å². The van der Waals surface area contributed by atoms with Gasteiger partial charge in [-0.3, -0.25) is 4.79 Å². The Bertz CT molecular complexity index is 468. The Morgan fingerprint density at radius 1 is 1.20 bits per heavy atom. The molecule has 0 fully saturated rings. The molecule has 0 bridgehead atoms. The quantitative estimate of drug-likeness (QED) is 0.395. The summed E-state index contributed by atoms with van der Waals surface area (Å²) in [6.45, 7) is 5.71. The zero-order valence-corrected chi connectivity index (χ0v) is 12.1. The van der Waals surface area contributed by atoms with Crippen LogP contribution in [0.5, 0.6) is 11.5 Å². The predicted octanol–water partition coefficient (Wildman–Crippen LogP) is 2.50. The average Bonchev–Trinajstić information content (AvgIpc) is 2.45. The lowest BCUT2D eigenvalue weighted by atomic mass is 10.0. The first-order valence-corrected chi connectivity index (χ1v) is 6.15. The summed E-state index contributed by atoms with van der Waals surface area (Å²) in [5.74, 6) is 1.08. The van der Waals surface area contributed by atoms with E-state index in [2.05, 4.69) is 6.58 Å². The number of carbonyl (C=O) groups is 1.